The standard InChI is InChI=1S/C20H13N5O6/c1-10-6-15(13-7-16-17(31-9-30-16)8-14(13)21-10)24-19(18(20(26)27)22-23-24)11-2-4-12(5-3-11)25(28)29/h2-8H,9H2,1H3,(H,26,27). The van der Waals surface area contributed by atoms with Crippen molar-refractivity contribution >= 4 is 22.6 Å². The predicted molar refractivity (Wildman–Crippen MR) is 107 cm³/mol. The summed E-state index contributed by atoms with van der Waals surface area (Å²) in [6.45, 7) is 1.90. The van der Waals surface area contributed by atoms with E-state index in [1.54, 1.807) is 25.1 Å². The van der Waals surface area contributed by atoms with E-state index in [9.17, 15) is 20.0 Å². The van der Waals surface area contributed by atoms with Gasteiger partial charge in [0.2, 0.25) is 6.79 Å². The molecule has 0 spiro atoms. The van der Waals surface area contributed by atoms with E-state index >= 15 is 0 Å². The minimum Gasteiger partial charge on any atom is -0.476 e. The number of hydrogen-bond acceptors (Lipinski definition) is 8. The molecule has 0 atom stereocenters. The molecule has 11 heteroatoms. The van der Waals surface area contributed by atoms with Crippen LogP contribution in [0.25, 0.3) is 27.8 Å². The SMILES string of the molecule is Cc1cc(-n2nnc(C(=O)O)c2-c2ccc([N+](=O)[O-])cc2)c2cc3c(cc2n1)OCO3. The molecule has 4 aromatic rings. The van der Waals surface area contributed by atoms with Crippen LogP contribution in [0.5, 0.6) is 11.5 Å². The highest BCUT2D eigenvalue weighted by Crippen LogP contribution is 2.38. The summed E-state index contributed by atoms with van der Waals surface area (Å²) in [5, 5.41) is 29.2. The first-order valence-electron chi connectivity index (χ1n) is 9.07. The number of fused-ring (bicyclic) bond motifs is 2. The number of carboxylic acid groups (broad SMARTS) is 1. The number of carboxylic acids is 1. The summed E-state index contributed by atoms with van der Waals surface area (Å²) in [6, 6.07) is 10.8. The lowest BCUT2D eigenvalue weighted by Crippen LogP contribution is -2.05. The molecule has 31 heavy (non-hydrogen) atoms. The summed E-state index contributed by atoms with van der Waals surface area (Å²) in [4.78, 5) is 26.8. The topological polar surface area (TPSA) is 142 Å². The first-order chi connectivity index (χ1) is 14.9. The highest BCUT2D eigenvalue weighted by Gasteiger charge is 2.25. The third-order valence-electron chi connectivity index (χ3n) is 4.86. The van der Waals surface area contributed by atoms with Gasteiger partial charge < -0.3 is 14.6 Å². The highest BCUT2D eigenvalue weighted by atomic mass is 16.7. The number of carbonyl (C=O) groups is 1. The number of ether oxygens (including phenoxy) is 2. The summed E-state index contributed by atoms with van der Waals surface area (Å²) in [5.41, 5.74) is 2.02. The molecule has 0 saturated heterocycles. The molecule has 3 heterocycles. The fraction of sp³-hybridized carbons (Fsp3) is 0.100. The van der Waals surface area contributed by atoms with Gasteiger partial charge in [0.1, 0.15) is 5.69 Å². The normalized spacial score (nSPS) is 12.3. The van der Waals surface area contributed by atoms with Gasteiger partial charge in [0.25, 0.3) is 5.69 Å². The van der Waals surface area contributed by atoms with E-state index in [2.05, 4.69) is 15.3 Å². The quantitative estimate of drug-likeness (QED) is 0.390. The minimum atomic E-state index is -1.27. The third-order valence-corrected chi connectivity index (χ3v) is 4.86. The number of non-ortho nitro benzene ring substituents is 1. The number of aromatic nitrogens is 4. The van der Waals surface area contributed by atoms with Crippen molar-refractivity contribution in [1.82, 2.24) is 20.0 Å². The van der Waals surface area contributed by atoms with Crippen LogP contribution < -0.4 is 9.47 Å². The number of aromatic carboxylic acids is 1. The van der Waals surface area contributed by atoms with Gasteiger partial charge in [-0.05, 0) is 31.2 Å². The molecule has 0 bridgehead atoms. The first-order valence-corrected chi connectivity index (χ1v) is 9.07. The van der Waals surface area contributed by atoms with E-state index in [4.69, 9.17) is 9.47 Å². The van der Waals surface area contributed by atoms with Gasteiger partial charge in [-0.1, -0.05) is 5.21 Å². The van der Waals surface area contributed by atoms with Gasteiger partial charge >= 0.3 is 5.97 Å². The molecule has 2 aromatic carbocycles. The van der Waals surface area contributed by atoms with E-state index in [-0.39, 0.29) is 23.9 Å². The number of pyridine rings is 1. The van der Waals surface area contributed by atoms with Crippen LogP contribution in [-0.2, 0) is 0 Å². The summed E-state index contributed by atoms with van der Waals surface area (Å²) in [5.74, 6) is -0.167. The molecule has 2 aromatic heterocycles. The van der Waals surface area contributed by atoms with Gasteiger partial charge in [0, 0.05) is 34.8 Å². The van der Waals surface area contributed by atoms with Crippen molar-refractivity contribution < 1.29 is 24.3 Å². The summed E-state index contributed by atoms with van der Waals surface area (Å²) in [7, 11) is 0. The molecule has 154 valence electrons. The second-order valence-electron chi connectivity index (χ2n) is 6.81. The molecule has 0 amide bonds. The van der Waals surface area contributed by atoms with Gasteiger partial charge in [-0.15, -0.1) is 5.10 Å². The van der Waals surface area contributed by atoms with Crippen LogP contribution in [0.15, 0.2) is 42.5 Å². The first kappa shape index (κ1) is 18.5. The number of nitro benzene ring substituents is 1. The van der Waals surface area contributed by atoms with E-state index in [1.165, 1.54) is 28.9 Å². The van der Waals surface area contributed by atoms with Crippen LogP contribution in [0, 0.1) is 17.0 Å². The third kappa shape index (κ3) is 2.99. The predicted octanol–water partition coefficient (Wildman–Crippen LogP) is 3.13. The second kappa shape index (κ2) is 6.76. The molecule has 0 aliphatic carbocycles. The van der Waals surface area contributed by atoms with E-state index in [1.807, 2.05) is 0 Å². The van der Waals surface area contributed by atoms with Crippen LogP contribution in [0.1, 0.15) is 16.2 Å². The Morgan fingerprint density at radius 3 is 2.55 bits per heavy atom. The Morgan fingerprint density at radius 2 is 1.87 bits per heavy atom. The average molecular weight is 419 g/mol. The van der Waals surface area contributed by atoms with Gasteiger partial charge in [-0.3, -0.25) is 15.1 Å². The van der Waals surface area contributed by atoms with Crippen molar-refractivity contribution in [2.75, 3.05) is 6.79 Å². The lowest BCUT2D eigenvalue weighted by molar-refractivity contribution is -0.384. The van der Waals surface area contributed by atoms with Crippen LogP contribution in [0.3, 0.4) is 0 Å². The summed E-state index contributed by atoms with van der Waals surface area (Å²) < 4.78 is 12.3. The lowest BCUT2D eigenvalue weighted by atomic mass is 10.1. The van der Waals surface area contributed by atoms with Crippen molar-refractivity contribution in [1.29, 1.82) is 0 Å². The zero-order chi connectivity index (χ0) is 21.7. The van der Waals surface area contributed by atoms with Crippen LogP contribution in [-0.4, -0.2) is 42.8 Å². The maximum atomic E-state index is 11.8. The Morgan fingerprint density at radius 1 is 1.16 bits per heavy atom. The van der Waals surface area contributed by atoms with Gasteiger partial charge in [0.05, 0.1) is 16.1 Å². The van der Waals surface area contributed by atoms with Gasteiger partial charge in [-0.25, -0.2) is 9.48 Å². The minimum absolute atomic E-state index is 0.0977. The fourth-order valence-corrected chi connectivity index (χ4v) is 3.50. The second-order valence-corrected chi connectivity index (χ2v) is 6.81. The number of aryl methyl sites for hydroxylation is 1. The van der Waals surface area contributed by atoms with Crippen LogP contribution in [0.4, 0.5) is 5.69 Å². The van der Waals surface area contributed by atoms with Crippen molar-refractivity contribution in [3.63, 3.8) is 0 Å². The zero-order valence-electron chi connectivity index (χ0n) is 16.0. The molecule has 1 aliphatic rings. The summed E-state index contributed by atoms with van der Waals surface area (Å²) in [6.07, 6.45) is 0. The maximum absolute atomic E-state index is 11.8. The molecular formula is C20H13N5O6. The molecule has 1 aliphatic heterocycles. The smallest absolute Gasteiger partial charge is 0.358 e. The van der Waals surface area contributed by atoms with Crippen molar-refractivity contribution in [3.8, 4) is 28.4 Å². The Hall–Kier alpha value is -4.54. The van der Waals surface area contributed by atoms with E-state index in [0.717, 1.165) is 0 Å². The summed E-state index contributed by atoms with van der Waals surface area (Å²) >= 11 is 0. The number of benzene rings is 2. The Kier molecular flexibility index (Phi) is 4.03. The van der Waals surface area contributed by atoms with Crippen molar-refractivity contribution in [3.05, 3.63) is 64.0 Å². The Bertz CT molecular complexity index is 1380. The molecule has 11 nitrogen and oxygen atoms in total. The lowest BCUT2D eigenvalue weighted by Gasteiger charge is -2.12. The Labute approximate surface area is 173 Å². The molecular weight excluding hydrogens is 406 g/mol. The van der Waals surface area contributed by atoms with Crippen molar-refractivity contribution in [2.24, 2.45) is 0 Å². The largest absolute Gasteiger partial charge is 0.476 e. The molecule has 1 N–H and O–H groups in total. The van der Waals surface area contributed by atoms with Gasteiger partial charge in [0.15, 0.2) is 17.2 Å². The van der Waals surface area contributed by atoms with Gasteiger partial charge in [-0.2, -0.15) is 0 Å². The number of hydrogen-bond donors (Lipinski definition) is 1. The zero-order valence-corrected chi connectivity index (χ0v) is 16.0. The monoisotopic (exact) mass is 419 g/mol. The van der Waals surface area contributed by atoms with Crippen LogP contribution >= 0.6 is 0 Å². The highest BCUT2D eigenvalue weighted by molar-refractivity contribution is 5.95. The Balaban J connectivity index is 1.77. The molecule has 0 radical (unpaired) electrons. The van der Waals surface area contributed by atoms with E-state index < -0.39 is 10.9 Å². The average Bonchev–Trinajstić information content (AvgIpc) is 3.38. The van der Waals surface area contributed by atoms with E-state index in [0.29, 0.717) is 39.3 Å². The molecule has 0 saturated carbocycles. The van der Waals surface area contributed by atoms with Crippen LogP contribution in [0.2, 0.25) is 0 Å². The molecule has 0 unspecified atom stereocenters. The maximum Gasteiger partial charge on any atom is 0.358 e. The van der Waals surface area contributed by atoms with Crippen molar-refractivity contribution in [2.45, 2.75) is 6.92 Å². The number of nitro groups is 1. The molecule has 0 fully saturated rings. The number of rotatable bonds is 4. The fourth-order valence-electron chi connectivity index (χ4n) is 3.50. The molecule has 5 rings (SSSR count). The number of nitrogens with zero attached hydrogens (tertiary/aromatic N) is 5.